The number of anilines is 2. The van der Waals surface area contributed by atoms with Crippen molar-refractivity contribution in [2.75, 3.05) is 24.2 Å². The Morgan fingerprint density at radius 3 is 2.84 bits per heavy atom. The third-order valence-electron chi connectivity index (χ3n) is 3.24. The van der Waals surface area contributed by atoms with Gasteiger partial charge in [0, 0.05) is 25.6 Å². The molecule has 1 aliphatic carbocycles. The summed E-state index contributed by atoms with van der Waals surface area (Å²) in [6.45, 7) is 0.904. The first-order valence-corrected chi connectivity index (χ1v) is 7.61. The summed E-state index contributed by atoms with van der Waals surface area (Å²) in [4.78, 5) is 9.11. The molecule has 0 unspecified atom stereocenters. The van der Waals surface area contributed by atoms with Gasteiger partial charge in [0.2, 0.25) is 0 Å². The first-order chi connectivity index (χ1) is 9.35. The smallest absolute Gasteiger partial charge is 0.136 e. The summed E-state index contributed by atoms with van der Waals surface area (Å²) in [5.41, 5.74) is 1.38. The summed E-state index contributed by atoms with van der Waals surface area (Å²) in [6.07, 6.45) is 3.48. The Balaban J connectivity index is 1.64. The summed E-state index contributed by atoms with van der Waals surface area (Å²) < 4.78 is 0. The van der Waals surface area contributed by atoms with Gasteiger partial charge in [0.1, 0.15) is 17.5 Å². The van der Waals surface area contributed by atoms with Crippen molar-refractivity contribution in [1.29, 1.82) is 0 Å². The molecule has 1 aliphatic rings. The minimum absolute atomic E-state index is 0.575. The maximum Gasteiger partial charge on any atom is 0.136 e. The van der Waals surface area contributed by atoms with Gasteiger partial charge < -0.3 is 10.6 Å². The summed E-state index contributed by atoms with van der Waals surface area (Å²) >= 11 is 1.74. The Kier molecular flexibility index (Phi) is 3.64. The lowest BCUT2D eigenvalue weighted by Gasteiger charge is -2.09. The Morgan fingerprint density at radius 2 is 2.16 bits per heavy atom. The highest BCUT2D eigenvalue weighted by molar-refractivity contribution is 7.07. The van der Waals surface area contributed by atoms with Crippen LogP contribution in [-0.2, 0) is 6.42 Å². The lowest BCUT2D eigenvalue weighted by atomic mass is 10.2. The second kappa shape index (κ2) is 5.57. The molecule has 2 aromatic rings. The van der Waals surface area contributed by atoms with E-state index in [0.29, 0.717) is 5.92 Å². The monoisotopic (exact) mass is 274 g/mol. The van der Waals surface area contributed by atoms with Crippen molar-refractivity contribution in [3.8, 4) is 0 Å². The number of aromatic nitrogens is 2. The van der Waals surface area contributed by atoms with Crippen molar-refractivity contribution >= 4 is 23.0 Å². The highest BCUT2D eigenvalue weighted by Crippen LogP contribution is 2.38. The SMILES string of the molecule is CNc1cc(NCCc2ccsc2)nc(C2CC2)n1. The van der Waals surface area contributed by atoms with E-state index in [4.69, 9.17) is 0 Å². The van der Waals surface area contributed by atoms with Gasteiger partial charge >= 0.3 is 0 Å². The molecule has 100 valence electrons. The molecule has 4 nitrogen and oxygen atoms in total. The highest BCUT2D eigenvalue weighted by atomic mass is 32.1. The molecule has 0 aromatic carbocycles. The van der Waals surface area contributed by atoms with Crippen LogP contribution in [0.1, 0.15) is 30.1 Å². The van der Waals surface area contributed by atoms with Gasteiger partial charge in [-0.15, -0.1) is 0 Å². The zero-order chi connectivity index (χ0) is 13.1. The Labute approximate surface area is 117 Å². The quantitative estimate of drug-likeness (QED) is 0.850. The maximum absolute atomic E-state index is 4.60. The van der Waals surface area contributed by atoms with Gasteiger partial charge in [-0.05, 0) is 41.7 Å². The molecule has 19 heavy (non-hydrogen) atoms. The number of nitrogens with one attached hydrogen (secondary N) is 2. The summed E-state index contributed by atoms with van der Waals surface area (Å²) in [5, 5.41) is 10.8. The number of hydrogen-bond acceptors (Lipinski definition) is 5. The van der Waals surface area contributed by atoms with Crippen LogP contribution in [0.5, 0.6) is 0 Å². The fraction of sp³-hybridized carbons (Fsp3) is 0.429. The molecule has 0 amide bonds. The zero-order valence-corrected chi connectivity index (χ0v) is 11.8. The van der Waals surface area contributed by atoms with Crippen LogP contribution in [0.2, 0.25) is 0 Å². The van der Waals surface area contributed by atoms with Gasteiger partial charge in [0.15, 0.2) is 0 Å². The van der Waals surface area contributed by atoms with Gasteiger partial charge in [0.05, 0.1) is 0 Å². The van der Waals surface area contributed by atoms with Crippen molar-refractivity contribution in [3.05, 3.63) is 34.3 Å². The molecular weight excluding hydrogens is 256 g/mol. The predicted molar refractivity (Wildman–Crippen MR) is 80.1 cm³/mol. The second-order valence-corrected chi connectivity index (χ2v) is 5.61. The molecular formula is C14H18N4S. The normalized spacial score (nSPS) is 14.4. The average molecular weight is 274 g/mol. The molecule has 2 aromatic heterocycles. The molecule has 2 heterocycles. The molecule has 0 radical (unpaired) electrons. The molecule has 0 saturated heterocycles. The minimum Gasteiger partial charge on any atom is -0.373 e. The van der Waals surface area contributed by atoms with Crippen LogP contribution in [0.3, 0.4) is 0 Å². The highest BCUT2D eigenvalue weighted by Gasteiger charge is 2.27. The molecule has 0 bridgehead atoms. The summed E-state index contributed by atoms with van der Waals surface area (Å²) in [5.74, 6) is 3.38. The van der Waals surface area contributed by atoms with Gasteiger partial charge in [-0.2, -0.15) is 11.3 Å². The molecule has 1 saturated carbocycles. The molecule has 2 N–H and O–H groups in total. The van der Waals surface area contributed by atoms with E-state index in [1.54, 1.807) is 11.3 Å². The van der Waals surface area contributed by atoms with E-state index in [9.17, 15) is 0 Å². The number of thiophene rings is 1. The van der Waals surface area contributed by atoms with Crippen LogP contribution in [0, 0.1) is 0 Å². The van der Waals surface area contributed by atoms with Crippen LogP contribution in [0.15, 0.2) is 22.9 Å². The average Bonchev–Trinajstić information content (AvgIpc) is 3.17. The van der Waals surface area contributed by atoms with E-state index in [-0.39, 0.29) is 0 Å². The van der Waals surface area contributed by atoms with Crippen molar-refractivity contribution < 1.29 is 0 Å². The van der Waals surface area contributed by atoms with Crippen LogP contribution in [0.25, 0.3) is 0 Å². The topological polar surface area (TPSA) is 49.8 Å². The third kappa shape index (κ3) is 3.23. The van der Waals surface area contributed by atoms with Crippen molar-refractivity contribution in [3.63, 3.8) is 0 Å². The number of hydrogen-bond donors (Lipinski definition) is 2. The van der Waals surface area contributed by atoms with E-state index in [1.807, 2.05) is 13.1 Å². The van der Waals surface area contributed by atoms with Crippen LogP contribution >= 0.6 is 11.3 Å². The predicted octanol–water partition coefficient (Wildman–Crippen LogP) is 3.11. The maximum atomic E-state index is 4.60. The number of nitrogens with zero attached hydrogens (tertiary/aromatic N) is 2. The van der Waals surface area contributed by atoms with Gasteiger partial charge in [0.25, 0.3) is 0 Å². The van der Waals surface area contributed by atoms with Gasteiger partial charge in [-0.1, -0.05) is 0 Å². The van der Waals surface area contributed by atoms with E-state index in [1.165, 1.54) is 18.4 Å². The first kappa shape index (κ1) is 12.4. The lowest BCUT2D eigenvalue weighted by molar-refractivity contribution is 0.917. The van der Waals surface area contributed by atoms with Crippen LogP contribution < -0.4 is 10.6 Å². The van der Waals surface area contributed by atoms with Gasteiger partial charge in [-0.25, -0.2) is 9.97 Å². The van der Waals surface area contributed by atoms with Gasteiger partial charge in [-0.3, -0.25) is 0 Å². The number of rotatable bonds is 6. The van der Waals surface area contributed by atoms with Crippen molar-refractivity contribution in [2.45, 2.75) is 25.2 Å². The zero-order valence-electron chi connectivity index (χ0n) is 11.0. The molecule has 3 rings (SSSR count). The van der Waals surface area contributed by atoms with E-state index >= 15 is 0 Å². The molecule has 0 atom stereocenters. The van der Waals surface area contributed by atoms with Crippen molar-refractivity contribution in [2.24, 2.45) is 0 Å². The van der Waals surface area contributed by atoms with Crippen molar-refractivity contribution in [1.82, 2.24) is 9.97 Å². The van der Waals surface area contributed by atoms with E-state index in [2.05, 4.69) is 37.4 Å². The Morgan fingerprint density at radius 1 is 1.32 bits per heavy atom. The van der Waals surface area contributed by atoms with Crippen LogP contribution in [0.4, 0.5) is 11.6 Å². The van der Waals surface area contributed by atoms with E-state index in [0.717, 1.165) is 30.4 Å². The second-order valence-electron chi connectivity index (χ2n) is 4.83. The molecule has 0 spiro atoms. The minimum atomic E-state index is 0.575. The van der Waals surface area contributed by atoms with Crippen LogP contribution in [-0.4, -0.2) is 23.6 Å². The Bertz CT molecular complexity index is 534. The standard InChI is InChI=1S/C14H18N4S/c1-15-12-8-13(18-14(17-12)11-2-3-11)16-6-4-10-5-7-19-9-10/h5,7-9,11H,2-4,6H2,1H3,(H2,15,16,17,18). The Hall–Kier alpha value is -1.62. The first-order valence-electron chi connectivity index (χ1n) is 6.67. The fourth-order valence-corrected chi connectivity index (χ4v) is 2.68. The van der Waals surface area contributed by atoms with E-state index < -0.39 is 0 Å². The lowest BCUT2D eigenvalue weighted by Crippen LogP contribution is -2.09. The summed E-state index contributed by atoms with van der Waals surface area (Å²) in [7, 11) is 1.90. The molecule has 1 fully saturated rings. The largest absolute Gasteiger partial charge is 0.373 e. The third-order valence-corrected chi connectivity index (χ3v) is 3.97. The molecule has 5 heteroatoms. The summed E-state index contributed by atoms with van der Waals surface area (Å²) in [6, 6.07) is 4.14. The molecule has 0 aliphatic heterocycles. The fourth-order valence-electron chi connectivity index (χ4n) is 1.98.